The highest BCUT2D eigenvalue weighted by molar-refractivity contribution is 8.00. The highest BCUT2D eigenvalue weighted by Crippen LogP contribution is 2.25. The van der Waals surface area contributed by atoms with Gasteiger partial charge in [0, 0.05) is 30.5 Å². The van der Waals surface area contributed by atoms with Crippen molar-refractivity contribution in [3.63, 3.8) is 0 Å². The molecule has 22 heavy (non-hydrogen) atoms. The number of rotatable bonds is 4. The highest BCUT2D eigenvalue weighted by atomic mass is 32.2. The van der Waals surface area contributed by atoms with Crippen LogP contribution in [0.25, 0.3) is 0 Å². The van der Waals surface area contributed by atoms with Crippen molar-refractivity contribution < 1.29 is 27.5 Å². The van der Waals surface area contributed by atoms with Gasteiger partial charge in [0.1, 0.15) is 5.75 Å². The molecule has 5 nitrogen and oxygen atoms in total. The van der Waals surface area contributed by atoms with Gasteiger partial charge in [0.05, 0.1) is 5.25 Å². The van der Waals surface area contributed by atoms with Crippen LogP contribution >= 0.6 is 11.8 Å². The Morgan fingerprint density at radius 2 is 2.23 bits per heavy atom. The molecule has 2 N–H and O–H groups in total. The summed E-state index contributed by atoms with van der Waals surface area (Å²) in [5.41, 5.74) is 0.174. The van der Waals surface area contributed by atoms with Crippen LogP contribution in [0.2, 0.25) is 0 Å². The maximum Gasteiger partial charge on any atom is 0.573 e. The minimum atomic E-state index is -4.79. The normalized spacial score (nSPS) is 18.5. The van der Waals surface area contributed by atoms with E-state index in [2.05, 4.69) is 15.4 Å². The number of benzene rings is 1. The van der Waals surface area contributed by atoms with Crippen molar-refractivity contribution in [2.24, 2.45) is 0 Å². The molecule has 9 heteroatoms. The van der Waals surface area contributed by atoms with Crippen LogP contribution in [-0.4, -0.2) is 35.7 Å². The lowest BCUT2D eigenvalue weighted by molar-refractivity contribution is -0.274. The fourth-order valence-corrected chi connectivity index (χ4v) is 2.88. The maximum atomic E-state index is 12.1. The van der Waals surface area contributed by atoms with Gasteiger partial charge in [-0.15, -0.1) is 24.9 Å². The predicted molar refractivity (Wildman–Crippen MR) is 75.6 cm³/mol. The van der Waals surface area contributed by atoms with Gasteiger partial charge in [-0.1, -0.05) is 6.07 Å². The zero-order valence-corrected chi connectivity index (χ0v) is 12.1. The van der Waals surface area contributed by atoms with Gasteiger partial charge in [0.2, 0.25) is 11.8 Å². The fourth-order valence-electron chi connectivity index (χ4n) is 1.87. The molecular formula is C13H13F3N2O3S. The smallest absolute Gasteiger partial charge is 0.406 e. The number of nitrogens with one attached hydrogen (secondary N) is 2. The number of carbonyl (C=O) groups excluding carboxylic acids is 2. The lowest BCUT2D eigenvalue weighted by atomic mass is 10.2. The van der Waals surface area contributed by atoms with Crippen LogP contribution in [0.3, 0.4) is 0 Å². The number of ether oxygens (including phenoxy) is 1. The van der Waals surface area contributed by atoms with E-state index in [1.165, 1.54) is 23.9 Å². The van der Waals surface area contributed by atoms with Crippen molar-refractivity contribution in [2.75, 3.05) is 17.6 Å². The second-order valence-corrected chi connectivity index (χ2v) is 5.79. The average molecular weight is 334 g/mol. The molecule has 2 amide bonds. The maximum absolute atomic E-state index is 12.1. The van der Waals surface area contributed by atoms with Gasteiger partial charge in [-0.2, -0.15) is 0 Å². The first-order valence-electron chi connectivity index (χ1n) is 6.38. The standard InChI is InChI=1S/C13H13F3N2O3S/c14-13(15,16)21-9-3-1-2-8(6-9)18-11(19)7-10-12(20)17-4-5-22-10/h1-3,6,10H,4-5,7H2,(H,17,20)(H,18,19). The van der Waals surface area contributed by atoms with Crippen LogP contribution in [0.15, 0.2) is 24.3 Å². The van der Waals surface area contributed by atoms with E-state index in [9.17, 15) is 22.8 Å². The summed E-state index contributed by atoms with van der Waals surface area (Å²) in [6.07, 6.45) is -4.83. The second kappa shape index (κ2) is 6.91. The van der Waals surface area contributed by atoms with Crippen LogP contribution < -0.4 is 15.4 Å². The minimum absolute atomic E-state index is 0.0408. The van der Waals surface area contributed by atoms with E-state index < -0.39 is 23.3 Å². The summed E-state index contributed by atoms with van der Waals surface area (Å²) in [5.74, 6) is -0.354. The van der Waals surface area contributed by atoms with Crippen molar-refractivity contribution in [1.82, 2.24) is 5.32 Å². The molecule has 2 rings (SSSR count). The molecule has 1 unspecified atom stereocenters. The SMILES string of the molecule is O=C(CC1SCCNC1=O)Nc1cccc(OC(F)(F)F)c1. The van der Waals surface area contributed by atoms with Gasteiger partial charge < -0.3 is 15.4 Å². The van der Waals surface area contributed by atoms with E-state index >= 15 is 0 Å². The third-order valence-corrected chi connectivity index (χ3v) is 3.96. The number of hydrogen-bond donors (Lipinski definition) is 2. The predicted octanol–water partition coefficient (Wildman–Crippen LogP) is 2.15. The summed E-state index contributed by atoms with van der Waals surface area (Å²) in [7, 11) is 0. The highest BCUT2D eigenvalue weighted by Gasteiger charge is 2.31. The largest absolute Gasteiger partial charge is 0.573 e. The van der Waals surface area contributed by atoms with Crippen LogP contribution in [0.5, 0.6) is 5.75 Å². The second-order valence-electron chi connectivity index (χ2n) is 4.48. The molecule has 1 aromatic rings. The van der Waals surface area contributed by atoms with Gasteiger partial charge >= 0.3 is 6.36 Å². The number of carbonyl (C=O) groups is 2. The quantitative estimate of drug-likeness (QED) is 0.885. The number of hydrogen-bond acceptors (Lipinski definition) is 4. The molecule has 0 aliphatic carbocycles. The lowest BCUT2D eigenvalue weighted by Crippen LogP contribution is -2.40. The number of thioether (sulfide) groups is 1. The van der Waals surface area contributed by atoms with Crippen molar-refractivity contribution in [3.8, 4) is 5.75 Å². The molecule has 1 aromatic carbocycles. The minimum Gasteiger partial charge on any atom is -0.406 e. The summed E-state index contributed by atoms with van der Waals surface area (Å²) in [4.78, 5) is 23.4. The topological polar surface area (TPSA) is 67.4 Å². The van der Waals surface area contributed by atoms with E-state index in [0.29, 0.717) is 6.54 Å². The summed E-state index contributed by atoms with van der Waals surface area (Å²) in [5, 5.41) is 4.62. The Morgan fingerprint density at radius 3 is 2.91 bits per heavy atom. The van der Waals surface area contributed by atoms with Crippen molar-refractivity contribution >= 4 is 29.3 Å². The third-order valence-electron chi connectivity index (χ3n) is 2.73. The van der Waals surface area contributed by atoms with Gasteiger partial charge in [-0.05, 0) is 12.1 Å². The molecule has 0 radical (unpaired) electrons. The fraction of sp³-hybridized carbons (Fsp3) is 0.385. The Balaban J connectivity index is 1.93. The first kappa shape index (κ1) is 16.5. The van der Waals surface area contributed by atoms with Gasteiger partial charge in [-0.3, -0.25) is 9.59 Å². The lowest BCUT2D eigenvalue weighted by Gasteiger charge is -2.20. The molecule has 1 aliphatic heterocycles. The summed E-state index contributed by atoms with van der Waals surface area (Å²) in [6.45, 7) is 0.568. The van der Waals surface area contributed by atoms with Crippen LogP contribution in [0.1, 0.15) is 6.42 Å². The first-order chi connectivity index (χ1) is 10.3. The van der Waals surface area contributed by atoms with Crippen LogP contribution in [-0.2, 0) is 9.59 Å². The Kier molecular flexibility index (Phi) is 5.17. The molecule has 0 saturated carbocycles. The molecule has 1 atom stereocenters. The van der Waals surface area contributed by atoms with Gasteiger partial charge in [0.15, 0.2) is 0 Å². The van der Waals surface area contributed by atoms with Crippen molar-refractivity contribution in [3.05, 3.63) is 24.3 Å². The number of halogens is 3. The Morgan fingerprint density at radius 1 is 1.45 bits per heavy atom. The molecule has 1 aliphatic rings. The average Bonchev–Trinajstić information content (AvgIpc) is 2.40. The van der Waals surface area contributed by atoms with Crippen molar-refractivity contribution in [2.45, 2.75) is 18.0 Å². The van der Waals surface area contributed by atoms with E-state index in [1.807, 2.05) is 0 Å². The molecular weight excluding hydrogens is 321 g/mol. The molecule has 0 aromatic heterocycles. The summed E-state index contributed by atoms with van der Waals surface area (Å²) in [6, 6.07) is 4.97. The molecule has 120 valence electrons. The zero-order chi connectivity index (χ0) is 16.2. The Hall–Kier alpha value is -1.90. The van der Waals surface area contributed by atoms with E-state index in [4.69, 9.17) is 0 Å². The van der Waals surface area contributed by atoms with Crippen molar-refractivity contribution in [1.29, 1.82) is 0 Å². The number of amides is 2. The summed E-state index contributed by atoms with van der Waals surface area (Å²) >= 11 is 1.37. The zero-order valence-electron chi connectivity index (χ0n) is 11.3. The molecule has 1 heterocycles. The number of anilines is 1. The van der Waals surface area contributed by atoms with Crippen LogP contribution in [0, 0.1) is 0 Å². The molecule has 1 fully saturated rings. The van der Waals surface area contributed by atoms with E-state index in [-0.39, 0.29) is 18.0 Å². The Labute approximate surface area is 128 Å². The molecule has 0 bridgehead atoms. The first-order valence-corrected chi connectivity index (χ1v) is 7.43. The molecule has 1 saturated heterocycles. The third kappa shape index (κ3) is 5.14. The van der Waals surface area contributed by atoms with Gasteiger partial charge in [-0.25, -0.2) is 0 Å². The Bertz CT molecular complexity index is 566. The van der Waals surface area contributed by atoms with E-state index in [0.717, 1.165) is 17.9 Å². The van der Waals surface area contributed by atoms with E-state index in [1.54, 1.807) is 0 Å². The monoisotopic (exact) mass is 334 g/mol. The molecule has 0 spiro atoms. The van der Waals surface area contributed by atoms with Gasteiger partial charge in [0.25, 0.3) is 0 Å². The summed E-state index contributed by atoms with van der Waals surface area (Å²) < 4.78 is 40.2. The number of alkyl halides is 3. The van der Waals surface area contributed by atoms with Crippen LogP contribution in [0.4, 0.5) is 18.9 Å².